The molecule has 1 nitrogen and oxygen atoms in total. The molecule has 0 aliphatic rings. The molecule has 0 N–H and O–H groups in total. The topological polar surface area (TPSA) is 4.93 Å². The van der Waals surface area contributed by atoms with Crippen LogP contribution >= 0.6 is 23.4 Å². The first-order valence-electron chi connectivity index (χ1n) is 5.61. The lowest BCUT2D eigenvalue weighted by molar-refractivity contribution is 0.795. The van der Waals surface area contributed by atoms with Gasteiger partial charge in [-0.05, 0) is 36.4 Å². The lowest BCUT2D eigenvalue weighted by Gasteiger charge is -1.99. The molecule has 0 radical (unpaired) electrons. The van der Waals surface area contributed by atoms with Gasteiger partial charge in [0.15, 0.2) is 0 Å². The third-order valence-corrected chi connectivity index (χ3v) is 3.89. The Hall–Kier alpha value is -0.600. The first-order valence-corrected chi connectivity index (χ1v) is 7.14. The molecule has 1 heterocycles. The maximum atomic E-state index is 6.06. The van der Waals surface area contributed by atoms with Crippen molar-refractivity contribution in [3.05, 3.63) is 35.0 Å². The Kier molecular flexibility index (Phi) is 3.82. The summed E-state index contributed by atoms with van der Waals surface area (Å²) in [6.45, 7) is 5.37. The van der Waals surface area contributed by atoms with Crippen molar-refractivity contribution in [1.82, 2.24) is 4.57 Å². The number of hydrogen-bond acceptors (Lipinski definition) is 1. The van der Waals surface area contributed by atoms with Gasteiger partial charge < -0.3 is 4.57 Å². The monoisotopic (exact) mass is 253 g/mol. The summed E-state index contributed by atoms with van der Waals surface area (Å²) in [4.78, 5) is 0. The van der Waals surface area contributed by atoms with Crippen LogP contribution in [0.1, 0.15) is 19.4 Å². The molecule has 2 rings (SSSR count). The molecule has 0 saturated carbocycles. The van der Waals surface area contributed by atoms with E-state index in [-0.39, 0.29) is 0 Å². The molecular formula is C13H16ClNS. The van der Waals surface area contributed by atoms with Crippen molar-refractivity contribution in [1.29, 1.82) is 0 Å². The van der Waals surface area contributed by atoms with Crippen LogP contribution in [-0.4, -0.2) is 10.3 Å². The van der Waals surface area contributed by atoms with Gasteiger partial charge in [-0.1, -0.05) is 18.5 Å². The van der Waals surface area contributed by atoms with Crippen molar-refractivity contribution in [2.24, 2.45) is 0 Å². The number of halogens is 1. The van der Waals surface area contributed by atoms with Crippen LogP contribution in [0.25, 0.3) is 10.9 Å². The van der Waals surface area contributed by atoms with Crippen molar-refractivity contribution in [3.8, 4) is 0 Å². The van der Waals surface area contributed by atoms with Crippen molar-refractivity contribution in [2.45, 2.75) is 26.1 Å². The van der Waals surface area contributed by atoms with E-state index in [9.17, 15) is 0 Å². The van der Waals surface area contributed by atoms with Crippen LogP contribution in [0.4, 0.5) is 0 Å². The Bertz CT molecular complexity index is 490. The van der Waals surface area contributed by atoms with Crippen molar-refractivity contribution in [3.63, 3.8) is 0 Å². The molecule has 0 fully saturated rings. The maximum Gasteiger partial charge on any atom is 0.0484 e. The molecule has 16 heavy (non-hydrogen) atoms. The highest BCUT2D eigenvalue weighted by Gasteiger charge is 2.07. The second-order valence-corrected chi connectivity index (χ2v) is 5.45. The lowest BCUT2D eigenvalue weighted by Crippen LogP contribution is -1.89. The highest BCUT2D eigenvalue weighted by Crippen LogP contribution is 2.27. The minimum Gasteiger partial charge on any atom is -0.347 e. The quantitative estimate of drug-likeness (QED) is 0.773. The number of nitrogens with zero attached hydrogens (tertiary/aromatic N) is 1. The SMILES string of the molecule is CCSCc1cn(CC)c2ccc(Cl)cc12. The highest BCUT2D eigenvalue weighted by molar-refractivity contribution is 7.98. The minimum absolute atomic E-state index is 0.823. The summed E-state index contributed by atoms with van der Waals surface area (Å²) in [5.41, 5.74) is 2.69. The van der Waals surface area contributed by atoms with Crippen molar-refractivity contribution in [2.75, 3.05) is 5.75 Å². The number of aryl methyl sites for hydroxylation is 1. The Labute approximate surface area is 106 Å². The summed E-state index contributed by atoms with van der Waals surface area (Å²) in [6, 6.07) is 6.16. The summed E-state index contributed by atoms with van der Waals surface area (Å²) in [5.74, 6) is 2.22. The fourth-order valence-electron chi connectivity index (χ4n) is 1.93. The zero-order valence-electron chi connectivity index (χ0n) is 9.66. The molecule has 1 aromatic heterocycles. The molecule has 0 saturated heterocycles. The summed E-state index contributed by atoms with van der Waals surface area (Å²) in [6.07, 6.45) is 2.25. The van der Waals surface area contributed by atoms with Gasteiger partial charge in [-0.2, -0.15) is 11.8 Å². The van der Waals surface area contributed by atoms with Crippen LogP contribution in [0.2, 0.25) is 5.02 Å². The first kappa shape index (κ1) is 11.9. The normalized spacial score (nSPS) is 11.2. The van der Waals surface area contributed by atoms with Gasteiger partial charge >= 0.3 is 0 Å². The van der Waals surface area contributed by atoms with E-state index < -0.39 is 0 Å². The average Bonchev–Trinajstić information content (AvgIpc) is 2.64. The van der Waals surface area contributed by atoms with Crippen LogP contribution in [0, 0.1) is 0 Å². The molecule has 0 atom stereocenters. The highest BCUT2D eigenvalue weighted by atomic mass is 35.5. The van der Waals surface area contributed by atoms with Crippen molar-refractivity contribution < 1.29 is 0 Å². The number of fused-ring (bicyclic) bond motifs is 1. The van der Waals surface area contributed by atoms with E-state index in [0.717, 1.165) is 23.1 Å². The molecule has 0 spiro atoms. The minimum atomic E-state index is 0.823. The number of thioether (sulfide) groups is 1. The maximum absolute atomic E-state index is 6.06. The molecule has 3 heteroatoms. The van der Waals surface area contributed by atoms with Gasteiger partial charge in [-0.3, -0.25) is 0 Å². The number of aromatic nitrogens is 1. The standard InChI is InChI=1S/C13H16ClNS/c1-3-15-8-10(9-16-4-2)12-7-11(14)5-6-13(12)15/h5-8H,3-4,9H2,1-2H3. The van der Waals surface area contributed by atoms with E-state index in [1.54, 1.807) is 0 Å². The van der Waals surface area contributed by atoms with Crippen LogP contribution in [0.5, 0.6) is 0 Å². The van der Waals surface area contributed by atoms with Gasteiger partial charge in [-0.25, -0.2) is 0 Å². The second-order valence-electron chi connectivity index (χ2n) is 3.74. The molecule has 0 amide bonds. The zero-order valence-corrected chi connectivity index (χ0v) is 11.2. The summed E-state index contributed by atoms with van der Waals surface area (Å²) in [7, 11) is 0. The molecular weight excluding hydrogens is 238 g/mol. The van der Waals surface area contributed by atoms with Gasteiger partial charge in [0, 0.05) is 34.4 Å². The molecule has 1 aromatic carbocycles. The number of hydrogen-bond donors (Lipinski definition) is 0. The van der Waals surface area contributed by atoms with E-state index >= 15 is 0 Å². The predicted octanol–water partition coefficient (Wildman–Crippen LogP) is 4.57. The van der Waals surface area contributed by atoms with Crippen LogP contribution < -0.4 is 0 Å². The van der Waals surface area contributed by atoms with E-state index in [1.165, 1.54) is 16.5 Å². The van der Waals surface area contributed by atoms with Gasteiger partial charge in [0.1, 0.15) is 0 Å². The molecule has 0 unspecified atom stereocenters. The van der Waals surface area contributed by atoms with Crippen molar-refractivity contribution >= 4 is 34.3 Å². The fourth-order valence-corrected chi connectivity index (χ4v) is 2.76. The van der Waals surface area contributed by atoms with E-state index in [4.69, 9.17) is 11.6 Å². The number of rotatable bonds is 4. The van der Waals surface area contributed by atoms with Crippen LogP contribution in [0.3, 0.4) is 0 Å². The fraction of sp³-hybridized carbons (Fsp3) is 0.385. The third-order valence-electron chi connectivity index (χ3n) is 2.73. The van der Waals surface area contributed by atoms with Gasteiger partial charge in [0.25, 0.3) is 0 Å². The van der Waals surface area contributed by atoms with Gasteiger partial charge in [-0.15, -0.1) is 0 Å². The molecule has 2 aromatic rings. The van der Waals surface area contributed by atoms with E-state index in [1.807, 2.05) is 17.8 Å². The Morgan fingerprint density at radius 3 is 2.81 bits per heavy atom. The molecule has 0 aliphatic heterocycles. The molecule has 0 aliphatic carbocycles. The average molecular weight is 254 g/mol. The molecule has 86 valence electrons. The Balaban J connectivity index is 2.50. The van der Waals surface area contributed by atoms with E-state index in [2.05, 4.69) is 36.7 Å². The summed E-state index contributed by atoms with van der Waals surface area (Å²) < 4.78 is 2.29. The summed E-state index contributed by atoms with van der Waals surface area (Å²) in [5, 5.41) is 2.12. The second kappa shape index (κ2) is 5.15. The smallest absolute Gasteiger partial charge is 0.0484 e. The third kappa shape index (κ3) is 2.23. The Morgan fingerprint density at radius 2 is 2.12 bits per heavy atom. The predicted molar refractivity (Wildman–Crippen MR) is 74.5 cm³/mol. The van der Waals surface area contributed by atoms with Gasteiger partial charge in [0.05, 0.1) is 0 Å². The van der Waals surface area contributed by atoms with Crippen LogP contribution in [0.15, 0.2) is 24.4 Å². The largest absolute Gasteiger partial charge is 0.347 e. The van der Waals surface area contributed by atoms with Gasteiger partial charge in [0.2, 0.25) is 0 Å². The first-order chi connectivity index (χ1) is 7.76. The number of benzene rings is 1. The van der Waals surface area contributed by atoms with Crippen LogP contribution in [-0.2, 0) is 12.3 Å². The molecule has 0 bridgehead atoms. The Morgan fingerprint density at radius 1 is 1.31 bits per heavy atom. The zero-order chi connectivity index (χ0) is 11.5. The summed E-state index contributed by atoms with van der Waals surface area (Å²) >= 11 is 8.01. The lowest BCUT2D eigenvalue weighted by atomic mass is 10.2. The van der Waals surface area contributed by atoms with E-state index in [0.29, 0.717) is 0 Å².